The van der Waals surface area contributed by atoms with Crippen molar-refractivity contribution < 1.29 is 9.21 Å². The van der Waals surface area contributed by atoms with Crippen LogP contribution in [0.4, 0.5) is 5.69 Å². The van der Waals surface area contributed by atoms with Gasteiger partial charge in [-0.1, -0.05) is 18.2 Å². The second-order valence-electron chi connectivity index (χ2n) is 7.35. The van der Waals surface area contributed by atoms with Gasteiger partial charge in [0.2, 0.25) is 11.6 Å². The van der Waals surface area contributed by atoms with Crippen LogP contribution in [-0.4, -0.2) is 34.5 Å². The number of amides is 1. The van der Waals surface area contributed by atoms with Crippen LogP contribution in [0.15, 0.2) is 83.9 Å². The van der Waals surface area contributed by atoms with Gasteiger partial charge in [0.05, 0.1) is 6.26 Å². The van der Waals surface area contributed by atoms with E-state index in [1.807, 2.05) is 55.8 Å². The number of likely N-dealkylation sites (N-methyl/N-ethyl adjacent to an activating group) is 1. The van der Waals surface area contributed by atoms with Crippen LogP contribution in [0.1, 0.15) is 0 Å². The van der Waals surface area contributed by atoms with Gasteiger partial charge in [-0.15, -0.1) is 0 Å². The molecule has 5 rings (SSSR count). The van der Waals surface area contributed by atoms with E-state index >= 15 is 0 Å². The van der Waals surface area contributed by atoms with E-state index in [1.165, 1.54) is 6.08 Å². The second-order valence-corrected chi connectivity index (χ2v) is 7.35. The Hall–Kier alpha value is -4.23. The molecule has 0 fully saturated rings. The highest BCUT2D eigenvalue weighted by molar-refractivity contribution is 6.03. The molecule has 3 N–H and O–H groups in total. The predicted molar refractivity (Wildman–Crippen MR) is 126 cm³/mol. The maximum atomic E-state index is 12.1. The summed E-state index contributed by atoms with van der Waals surface area (Å²) in [4.78, 5) is 24.2. The van der Waals surface area contributed by atoms with Gasteiger partial charge in [-0.25, -0.2) is 9.97 Å². The van der Waals surface area contributed by atoms with Gasteiger partial charge in [0.15, 0.2) is 0 Å². The molecule has 1 aromatic carbocycles. The summed E-state index contributed by atoms with van der Waals surface area (Å²) in [6.07, 6.45) is 10.5. The van der Waals surface area contributed by atoms with Crippen molar-refractivity contribution in [3.05, 3.63) is 79.5 Å². The Morgan fingerprint density at radius 3 is 2.94 bits per heavy atom. The molecule has 1 amide bonds. The van der Waals surface area contributed by atoms with Gasteiger partial charge in [0.25, 0.3) is 0 Å². The third-order valence-electron chi connectivity index (χ3n) is 5.24. The number of nitrogens with zero attached hydrogens (tertiary/aromatic N) is 2. The number of carbonyl (C=O) groups is 1. The molecule has 0 saturated carbocycles. The van der Waals surface area contributed by atoms with Crippen molar-refractivity contribution >= 4 is 33.7 Å². The number of nitrogens with one attached hydrogen (secondary N) is 3. The fraction of sp³-hybridized carbons (Fsp3) is 0.0800. The fourth-order valence-electron chi connectivity index (χ4n) is 3.74. The van der Waals surface area contributed by atoms with E-state index in [9.17, 15) is 4.79 Å². The van der Waals surface area contributed by atoms with E-state index in [-0.39, 0.29) is 5.91 Å². The summed E-state index contributed by atoms with van der Waals surface area (Å²) in [6.45, 7) is 0.640. The van der Waals surface area contributed by atoms with Gasteiger partial charge in [-0.2, -0.15) is 0 Å². The van der Waals surface area contributed by atoms with Crippen LogP contribution in [0, 0.1) is 0 Å². The minimum absolute atomic E-state index is 0.166. The average Bonchev–Trinajstić information content (AvgIpc) is 3.46. The molecule has 0 aliphatic carbocycles. The molecule has 0 aliphatic rings. The van der Waals surface area contributed by atoms with E-state index in [2.05, 4.69) is 31.7 Å². The molecule has 0 bridgehead atoms. The van der Waals surface area contributed by atoms with Crippen molar-refractivity contribution in [3.63, 3.8) is 0 Å². The van der Waals surface area contributed by atoms with E-state index in [1.54, 1.807) is 18.5 Å². The first kappa shape index (κ1) is 19.7. The van der Waals surface area contributed by atoms with E-state index in [0.29, 0.717) is 12.3 Å². The summed E-state index contributed by atoms with van der Waals surface area (Å²) < 4.78 is 5.46. The van der Waals surface area contributed by atoms with Gasteiger partial charge >= 0.3 is 0 Å². The monoisotopic (exact) mass is 423 g/mol. The van der Waals surface area contributed by atoms with Gasteiger partial charge in [0.1, 0.15) is 5.65 Å². The Labute approximate surface area is 184 Å². The van der Waals surface area contributed by atoms with Crippen LogP contribution in [0.2, 0.25) is 0 Å². The lowest BCUT2D eigenvalue weighted by molar-refractivity contribution is -0.111. The lowest BCUT2D eigenvalue weighted by atomic mass is 10.0. The largest absolute Gasteiger partial charge is 0.446 e. The molecule has 0 unspecified atom stereocenters. The number of hydrogen-bond donors (Lipinski definition) is 3. The lowest BCUT2D eigenvalue weighted by Crippen LogP contribution is -2.10. The van der Waals surface area contributed by atoms with E-state index in [0.717, 1.165) is 44.4 Å². The quantitative estimate of drug-likeness (QED) is 0.343. The summed E-state index contributed by atoms with van der Waals surface area (Å²) in [5.74, 6) is -0.166. The SMILES string of the molecule is CNCC=CC(=O)Nc1cccc(-c2cnc3[nH]cc(-c4ccnc5occc45)c3c2)c1. The topological polar surface area (TPSA) is 95.8 Å². The molecule has 7 heteroatoms. The van der Waals surface area contributed by atoms with Crippen LogP contribution in [0.5, 0.6) is 0 Å². The third-order valence-corrected chi connectivity index (χ3v) is 5.24. The predicted octanol–water partition coefficient (Wildman–Crippen LogP) is 4.75. The number of anilines is 1. The van der Waals surface area contributed by atoms with Crippen molar-refractivity contribution in [3.8, 4) is 22.3 Å². The van der Waals surface area contributed by atoms with Crippen molar-refractivity contribution in [2.75, 3.05) is 18.9 Å². The van der Waals surface area contributed by atoms with Crippen LogP contribution >= 0.6 is 0 Å². The van der Waals surface area contributed by atoms with Crippen LogP contribution < -0.4 is 10.6 Å². The number of aromatic nitrogens is 3. The van der Waals surface area contributed by atoms with Crippen molar-refractivity contribution in [1.82, 2.24) is 20.3 Å². The first-order valence-electron chi connectivity index (χ1n) is 10.3. The molecular formula is C25H21N5O2. The normalized spacial score (nSPS) is 11.5. The zero-order chi connectivity index (χ0) is 21.9. The summed E-state index contributed by atoms with van der Waals surface area (Å²) >= 11 is 0. The highest BCUT2D eigenvalue weighted by Crippen LogP contribution is 2.35. The highest BCUT2D eigenvalue weighted by Gasteiger charge is 2.13. The third kappa shape index (κ3) is 3.77. The standard InChI is InChI=1S/C25H21N5O2/c1-26-9-3-6-23(31)30-18-5-2-4-16(12-18)17-13-21-22(15-29-24(21)28-14-17)19-7-10-27-25-20(19)8-11-32-25/h2-8,10-15,26H,9H2,1H3,(H,28,29)(H,30,31). The first-order chi connectivity index (χ1) is 15.7. The molecule has 0 aliphatic heterocycles. The van der Waals surface area contributed by atoms with Gasteiger partial charge in [-0.05, 0) is 48.5 Å². The van der Waals surface area contributed by atoms with Gasteiger partial charge in [-0.3, -0.25) is 4.79 Å². The number of fused-ring (bicyclic) bond motifs is 2. The Kier molecular flexibility index (Phi) is 5.23. The number of carbonyl (C=O) groups excluding carboxylic acids is 1. The maximum absolute atomic E-state index is 12.1. The van der Waals surface area contributed by atoms with E-state index in [4.69, 9.17) is 4.42 Å². The second kappa shape index (κ2) is 8.49. The lowest BCUT2D eigenvalue weighted by Gasteiger charge is -2.07. The number of benzene rings is 1. The van der Waals surface area contributed by atoms with Gasteiger partial charge in [0, 0.05) is 58.8 Å². The number of rotatable bonds is 6. The Balaban J connectivity index is 1.50. The van der Waals surface area contributed by atoms with Crippen LogP contribution in [0.3, 0.4) is 0 Å². The number of aromatic amines is 1. The summed E-state index contributed by atoms with van der Waals surface area (Å²) in [7, 11) is 1.83. The average molecular weight is 423 g/mol. The summed E-state index contributed by atoms with van der Waals surface area (Å²) in [5.41, 5.74) is 6.12. The first-order valence-corrected chi connectivity index (χ1v) is 10.3. The van der Waals surface area contributed by atoms with Crippen LogP contribution in [-0.2, 0) is 4.79 Å². The van der Waals surface area contributed by atoms with E-state index < -0.39 is 0 Å². The number of hydrogen-bond acceptors (Lipinski definition) is 5. The zero-order valence-electron chi connectivity index (χ0n) is 17.4. The molecule has 4 heterocycles. The fourth-order valence-corrected chi connectivity index (χ4v) is 3.74. The smallest absolute Gasteiger partial charge is 0.248 e. The molecular weight excluding hydrogens is 402 g/mol. The van der Waals surface area contributed by atoms with Crippen molar-refractivity contribution in [1.29, 1.82) is 0 Å². The minimum Gasteiger partial charge on any atom is -0.446 e. The van der Waals surface area contributed by atoms with Gasteiger partial charge < -0.3 is 20.0 Å². The number of furan rings is 1. The molecule has 32 heavy (non-hydrogen) atoms. The highest BCUT2D eigenvalue weighted by atomic mass is 16.3. The molecule has 4 aromatic heterocycles. The number of pyridine rings is 2. The molecule has 0 radical (unpaired) electrons. The molecule has 5 aromatic rings. The molecule has 7 nitrogen and oxygen atoms in total. The molecule has 0 saturated heterocycles. The molecule has 0 spiro atoms. The van der Waals surface area contributed by atoms with Crippen LogP contribution in [0.25, 0.3) is 44.4 Å². The Morgan fingerprint density at radius 2 is 2.03 bits per heavy atom. The summed E-state index contributed by atoms with van der Waals surface area (Å²) in [5, 5.41) is 7.82. The van der Waals surface area contributed by atoms with Crippen molar-refractivity contribution in [2.45, 2.75) is 0 Å². The zero-order valence-corrected chi connectivity index (χ0v) is 17.4. The Bertz CT molecular complexity index is 1450. The number of H-pyrrole nitrogens is 1. The summed E-state index contributed by atoms with van der Waals surface area (Å²) in [6, 6.07) is 13.7. The Morgan fingerprint density at radius 1 is 1.09 bits per heavy atom. The molecule has 158 valence electrons. The maximum Gasteiger partial charge on any atom is 0.248 e. The minimum atomic E-state index is -0.166. The molecule has 0 atom stereocenters. The van der Waals surface area contributed by atoms with Crippen molar-refractivity contribution in [2.24, 2.45) is 0 Å².